The third-order valence-corrected chi connectivity index (χ3v) is 5.50. The van der Waals surface area contributed by atoms with Gasteiger partial charge in [0.05, 0.1) is 12.2 Å². The van der Waals surface area contributed by atoms with Crippen molar-refractivity contribution in [3.8, 4) is 5.75 Å². The van der Waals surface area contributed by atoms with E-state index in [4.69, 9.17) is 4.74 Å². The first kappa shape index (κ1) is 18.7. The van der Waals surface area contributed by atoms with Gasteiger partial charge in [0, 0.05) is 18.9 Å². The van der Waals surface area contributed by atoms with E-state index >= 15 is 0 Å². The molecule has 0 aromatic heterocycles. The van der Waals surface area contributed by atoms with Gasteiger partial charge in [0.2, 0.25) is 11.8 Å². The normalized spacial score (nSPS) is 25.2. The lowest BCUT2D eigenvalue weighted by Gasteiger charge is -2.34. The molecule has 1 aromatic rings. The Balaban J connectivity index is 1.58. The van der Waals surface area contributed by atoms with Gasteiger partial charge in [-0.2, -0.15) is 0 Å². The second-order valence-electron chi connectivity index (χ2n) is 7.84. The maximum Gasteiger partial charge on any atom is 0.227 e. The molecule has 2 amide bonds. The van der Waals surface area contributed by atoms with Gasteiger partial charge in [-0.15, -0.1) is 0 Å². The van der Waals surface area contributed by atoms with Crippen molar-refractivity contribution in [2.45, 2.75) is 71.4 Å². The number of nitrogens with one attached hydrogen (secondary N) is 1. The lowest BCUT2D eigenvalue weighted by Crippen LogP contribution is -2.44. The Morgan fingerprint density at radius 2 is 1.96 bits per heavy atom. The molecule has 3 unspecified atom stereocenters. The van der Waals surface area contributed by atoms with E-state index in [1.807, 2.05) is 32.0 Å². The van der Waals surface area contributed by atoms with Crippen LogP contribution in [0, 0.1) is 12.8 Å². The molecule has 5 nitrogen and oxygen atoms in total. The summed E-state index contributed by atoms with van der Waals surface area (Å²) < 4.78 is 5.83. The van der Waals surface area contributed by atoms with Crippen molar-refractivity contribution in [3.63, 3.8) is 0 Å². The lowest BCUT2D eigenvalue weighted by molar-refractivity contribution is -0.126. The van der Waals surface area contributed by atoms with Gasteiger partial charge in [0.15, 0.2) is 0 Å². The Morgan fingerprint density at radius 3 is 2.73 bits per heavy atom. The van der Waals surface area contributed by atoms with Crippen molar-refractivity contribution < 1.29 is 14.3 Å². The average Bonchev–Trinajstić information content (AvgIpc) is 2.61. The summed E-state index contributed by atoms with van der Waals surface area (Å²) in [7, 11) is 0. The zero-order chi connectivity index (χ0) is 18.7. The largest absolute Gasteiger partial charge is 0.487 e. The second kappa shape index (κ2) is 8.11. The van der Waals surface area contributed by atoms with Gasteiger partial charge in [0.25, 0.3) is 0 Å². The third-order valence-electron chi connectivity index (χ3n) is 5.50. The molecule has 1 saturated carbocycles. The summed E-state index contributed by atoms with van der Waals surface area (Å²) in [5.41, 5.74) is 1.90. The molecule has 1 aliphatic carbocycles. The first-order chi connectivity index (χ1) is 12.4. The fourth-order valence-electron chi connectivity index (χ4n) is 3.95. The smallest absolute Gasteiger partial charge is 0.227 e. The van der Waals surface area contributed by atoms with Crippen molar-refractivity contribution in [2.24, 2.45) is 5.92 Å². The van der Waals surface area contributed by atoms with Gasteiger partial charge < -0.3 is 15.0 Å². The Bertz CT molecular complexity index is 673. The summed E-state index contributed by atoms with van der Waals surface area (Å²) in [6.45, 7) is 6.68. The van der Waals surface area contributed by atoms with Crippen LogP contribution in [0.4, 0.5) is 5.69 Å². The highest BCUT2D eigenvalue weighted by atomic mass is 16.5. The Hall–Kier alpha value is -2.04. The minimum atomic E-state index is -0.0499. The summed E-state index contributed by atoms with van der Waals surface area (Å²) in [5.74, 6) is 1.24. The summed E-state index contributed by atoms with van der Waals surface area (Å²) in [4.78, 5) is 26.8. The number of fused-ring (bicyclic) bond motifs is 1. The summed E-state index contributed by atoms with van der Waals surface area (Å²) >= 11 is 0. The molecule has 0 spiro atoms. The molecule has 26 heavy (non-hydrogen) atoms. The summed E-state index contributed by atoms with van der Waals surface area (Å²) in [5, 5.41) is 3.13. The van der Waals surface area contributed by atoms with Crippen LogP contribution in [0.25, 0.3) is 0 Å². The van der Waals surface area contributed by atoms with Crippen LogP contribution in [-0.4, -0.2) is 30.5 Å². The minimum Gasteiger partial charge on any atom is -0.487 e. The molecular formula is C21H30N2O3. The third kappa shape index (κ3) is 4.37. The van der Waals surface area contributed by atoms with Crippen LogP contribution in [0.15, 0.2) is 18.2 Å². The maximum atomic E-state index is 12.8. The Labute approximate surface area is 156 Å². The number of anilines is 1. The van der Waals surface area contributed by atoms with E-state index in [1.165, 1.54) is 19.3 Å². The molecule has 1 aromatic carbocycles. The molecule has 0 radical (unpaired) electrons. The number of carbonyl (C=O) groups excluding carboxylic acids is 2. The zero-order valence-electron chi connectivity index (χ0n) is 16.1. The summed E-state index contributed by atoms with van der Waals surface area (Å²) in [6, 6.07) is 6.14. The lowest BCUT2D eigenvalue weighted by atomic mass is 9.86. The maximum absolute atomic E-state index is 12.8. The quantitative estimate of drug-likeness (QED) is 0.895. The SMILES string of the molecule is Cc1ccc2c(c1)N(C(=O)CCC(=O)NC1CCCCC1C)CC(C)O2. The fraction of sp³-hybridized carbons (Fsp3) is 0.619. The van der Waals surface area contributed by atoms with Gasteiger partial charge >= 0.3 is 0 Å². The van der Waals surface area contributed by atoms with E-state index in [0.717, 1.165) is 23.4 Å². The van der Waals surface area contributed by atoms with Crippen molar-refractivity contribution in [2.75, 3.05) is 11.4 Å². The molecule has 1 aliphatic heterocycles. The van der Waals surface area contributed by atoms with Crippen LogP contribution < -0.4 is 15.0 Å². The van der Waals surface area contributed by atoms with Gasteiger partial charge in [-0.1, -0.05) is 25.8 Å². The number of hydrogen-bond acceptors (Lipinski definition) is 3. The van der Waals surface area contributed by atoms with Gasteiger partial charge in [0.1, 0.15) is 11.9 Å². The molecule has 1 N–H and O–H groups in total. The van der Waals surface area contributed by atoms with Crippen LogP contribution in [-0.2, 0) is 9.59 Å². The van der Waals surface area contributed by atoms with Crippen LogP contribution in [0.2, 0.25) is 0 Å². The highest BCUT2D eigenvalue weighted by Crippen LogP contribution is 2.34. The highest BCUT2D eigenvalue weighted by molar-refractivity contribution is 5.97. The average molecular weight is 358 g/mol. The number of ether oxygens (including phenoxy) is 1. The van der Waals surface area contributed by atoms with E-state index in [0.29, 0.717) is 12.5 Å². The number of aryl methyl sites for hydroxylation is 1. The monoisotopic (exact) mass is 358 g/mol. The topological polar surface area (TPSA) is 58.6 Å². The fourth-order valence-corrected chi connectivity index (χ4v) is 3.95. The summed E-state index contributed by atoms with van der Waals surface area (Å²) in [6.07, 6.45) is 5.07. The van der Waals surface area contributed by atoms with Crippen molar-refractivity contribution >= 4 is 17.5 Å². The Morgan fingerprint density at radius 1 is 1.19 bits per heavy atom. The standard InChI is InChI=1S/C21H30N2O3/c1-14-8-9-19-18(12-14)23(13-16(3)26-19)21(25)11-10-20(24)22-17-7-5-4-6-15(17)2/h8-9,12,15-17H,4-7,10-11,13H2,1-3H3,(H,22,24). The van der Waals surface area contributed by atoms with Crippen molar-refractivity contribution in [3.05, 3.63) is 23.8 Å². The van der Waals surface area contributed by atoms with E-state index in [-0.39, 0.29) is 36.8 Å². The molecule has 2 aliphatic rings. The van der Waals surface area contributed by atoms with E-state index < -0.39 is 0 Å². The Kier molecular flexibility index (Phi) is 5.84. The first-order valence-electron chi connectivity index (χ1n) is 9.81. The number of nitrogens with zero attached hydrogens (tertiary/aromatic N) is 1. The van der Waals surface area contributed by atoms with Crippen molar-refractivity contribution in [1.29, 1.82) is 0 Å². The van der Waals surface area contributed by atoms with Crippen LogP contribution >= 0.6 is 0 Å². The van der Waals surface area contributed by atoms with Crippen LogP contribution in [0.5, 0.6) is 5.75 Å². The highest BCUT2D eigenvalue weighted by Gasteiger charge is 2.28. The number of benzene rings is 1. The molecule has 0 bridgehead atoms. The van der Waals surface area contributed by atoms with Crippen LogP contribution in [0.3, 0.4) is 0 Å². The molecule has 142 valence electrons. The minimum absolute atomic E-state index is 0.0112. The van der Waals surface area contributed by atoms with E-state index in [1.54, 1.807) is 4.90 Å². The first-order valence-corrected chi connectivity index (χ1v) is 9.81. The zero-order valence-corrected chi connectivity index (χ0v) is 16.1. The number of amides is 2. The van der Waals surface area contributed by atoms with Gasteiger partial charge in [-0.05, 0) is 50.3 Å². The molecular weight excluding hydrogens is 328 g/mol. The molecule has 3 atom stereocenters. The van der Waals surface area contributed by atoms with E-state index in [2.05, 4.69) is 12.2 Å². The molecule has 1 fully saturated rings. The predicted octanol–water partition coefficient (Wildman–Crippen LogP) is 3.58. The number of rotatable bonds is 4. The molecule has 1 heterocycles. The number of carbonyl (C=O) groups is 2. The van der Waals surface area contributed by atoms with Crippen LogP contribution in [0.1, 0.15) is 57.9 Å². The van der Waals surface area contributed by atoms with E-state index in [9.17, 15) is 9.59 Å². The molecule has 3 rings (SSSR count). The molecule has 0 saturated heterocycles. The van der Waals surface area contributed by atoms with Crippen molar-refractivity contribution in [1.82, 2.24) is 5.32 Å². The predicted molar refractivity (Wildman–Crippen MR) is 102 cm³/mol. The van der Waals surface area contributed by atoms with Gasteiger partial charge in [-0.3, -0.25) is 9.59 Å². The molecule has 5 heteroatoms. The van der Waals surface area contributed by atoms with Gasteiger partial charge in [-0.25, -0.2) is 0 Å². The second-order valence-corrected chi connectivity index (χ2v) is 7.84. The number of hydrogen-bond donors (Lipinski definition) is 1.